The number of carbonyl (C=O) groups is 11. The van der Waals surface area contributed by atoms with Gasteiger partial charge in [-0.3, -0.25) is 47.9 Å². The van der Waals surface area contributed by atoms with Crippen molar-refractivity contribution in [2.45, 2.75) is 170 Å². The van der Waals surface area contributed by atoms with Gasteiger partial charge in [-0.2, -0.15) is 0 Å². The minimum absolute atomic E-state index is 0.0159. The van der Waals surface area contributed by atoms with Gasteiger partial charge in [0, 0.05) is 52.9 Å². The van der Waals surface area contributed by atoms with Gasteiger partial charge in [-0.05, 0) is 121 Å². The molecule has 0 saturated carbocycles. The standard InChI is InChI=1S/C51H70N10O14.CH4O/c1-29(53-43(66)34-9-2-20-55(34)45(68)33(28-41(63)64)54-42(65)32(52)27-30-16-18-31(62)19-17-30)44(67)56-21-3-10-35(56)46(69)57-22-4-11-36(57)47(70)58-23-5-12-37(58)48(71)59-24-6-13-38(59)49(72)60-25-7-14-39(60)50(73)61-26-8-15-40(61)51(74)75;1-2/h16-19,29,32-40,62H,2-15,20-28,52H2,1H3,(H,53,66)(H,54,65)(H,63,64)(H,74,75);2H,1H3/t29-,32-,33-,34-,35-,36-,37-,38-,39-,40-;/m0./s1. The Morgan fingerprint density at radius 2 is 0.844 bits per heavy atom. The molecule has 422 valence electrons. The maximum atomic E-state index is 14.5. The molecule has 0 bridgehead atoms. The molecule has 7 aliphatic rings. The second-order valence-electron chi connectivity index (χ2n) is 21.0. The van der Waals surface area contributed by atoms with Crippen LogP contribution in [0.3, 0.4) is 0 Å². The third-order valence-electron chi connectivity index (χ3n) is 16.2. The van der Waals surface area contributed by atoms with Crippen molar-refractivity contribution in [1.82, 2.24) is 44.9 Å². The highest BCUT2D eigenvalue weighted by molar-refractivity contribution is 6.00. The minimum Gasteiger partial charge on any atom is -0.508 e. The number of likely N-dealkylation sites (tertiary alicyclic amines) is 7. The summed E-state index contributed by atoms with van der Waals surface area (Å²) in [4.78, 5) is 160. The van der Waals surface area contributed by atoms with Gasteiger partial charge in [0.15, 0.2) is 0 Å². The number of rotatable bonds is 16. The molecule has 0 aliphatic carbocycles. The topological polar surface area (TPSA) is 341 Å². The van der Waals surface area contributed by atoms with Crippen molar-refractivity contribution in [2.24, 2.45) is 5.73 Å². The highest BCUT2D eigenvalue weighted by atomic mass is 16.4. The minimum atomic E-state index is -1.55. The summed E-state index contributed by atoms with van der Waals surface area (Å²) in [6.07, 6.45) is 5.11. The maximum Gasteiger partial charge on any atom is 0.326 e. The van der Waals surface area contributed by atoms with E-state index in [2.05, 4.69) is 10.6 Å². The molecule has 1 aromatic rings. The van der Waals surface area contributed by atoms with E-state index in [1.165, 1.54) is 53.4 Å². The number of aliphatic carboxylic acids is 2. The Morgan fingerprint density at radius 1 is 0.506 bits per heavy atom. The number of nitrogens with one attached hydrogen (secondary N) is 2. The first-order valence-corrected chi connectivity index (χ1v) is 27.0. The van der Waals surface area contributed by atoms with Gasteiger partial charge in [-0.1, -0.05) is 12.1 Å². The Kier molecular flexibility index (Phi) is 19.1. The van der Waals surface area contributed by atoms with Crippen molar-refractivity contribution >= 4 is 65.1 Å². The summed E-state index contributed by atoms with van der Waals surface area (Å²) in [7, 11) is 1.00. The second kappa shape index (κ2) is 25.5. The molecule has 0 aromatic heterocycles. The summed E-state index contributed by atoms with van der Waals surface area (Å²) >= 11 is 0. The van der Waals surface area contributed by atoms with Crippen LogP contribution in [0.15, 0.2) is 24.3 Å². The van der Waals surface area contributed by atoms with E-state index in [0.29, 0.717) is 102 Å². The van der Waals surface area contributed by atoms with E-state index in [4.69, 9.17) is 10.8 Å². The number of phenolic OH excluding ortho intramolecular Hbond substituents is 1. The number of phenols is 1. The van der Waals surface area contributed by atoms with Gasteiger partial charge >= 0.3 is 11.9 Å². The molecule has 1 aromatic carbocycles. The quantitative estimate of drug-likeness (QED) is 0.0976. The van der Waals surface area contributed by atoms with Crippen LogP contribution in [-0.2, 0) is 59.2 Å². The Balaban J connectivity index is 0.00000426. The van der Waals surface area contributed by atoms with Gasteiger partial charge in [-0.15, -0.1) is 0 Å². The molecule has 25 nitrogen and oxygen atoms in total. The number of carbonyl (C=O) groups excluding carboxylic acids is 9. The monoisotopic (exact) mass is 1080 g/mol. The number of aliphatic hydroxyl groups excluding tert-OH is 1. The normalized spacial score (nSPS) is 26.2. The molecule has 7 fully saturated rings. The molecule has 77 heavy (non-hydrogen) atoms. The Bertz CT molecular complexity index is 2430. The summed E-state index contributed by atoms with van der Waals surface area (Å²) in [5.74, 6) is -7.22. The maximum absolute atomic E-state index is 14.5. The number of carboxylic acid groups (broad SMARTS) is 2. The van der Waals surface area contributed by atoms with Crippen molar-refractivity contribution in [3.63, 3.8) is 0 Å². The van der Waals surface area contributed by atoms with E-state index in [1.54, 1.807) is 12.1 Å². The molecule has 8 N–H and O–H groups in total. The Labute approximate surface area is 446 Å². The zero-order valence-corrected chi connectivity index (χ0v) is 43.8. The van der Waals surface area contributed by atoms with E-state index in [0.717, 1.165) is 7.11 Å². The lowest BCUT2D eigenvalue weighted by Gasteiger charge is -2.37. The molecule has 7 aliphatic heterocycles. The van der Waals surface area contributed by atoms with E-state index >= 15 is 0 Å². The third-order valence-corrected chi connectivity index (χ3v) is 16.2. The molecule has 0 spiro atoms. The Hall–Kier alpha value is -6.89. The van der Waals surface area contributed by atoms with E-state index < -0.39 is 114 Å². The highest BCUT2D eigenvalue weighted by Crippen LogP contribution is 2.33. The van der Waals surface area contributed by atoms with Crippen molar-refractivity contribution < 1.29 is 73.2 Å². The average Bonchev–Trinajstić information content (AvgIpc) is 4.29. The van der Waals surface area contributed by atoms with Crippen LogP contribution < -0.4 is 16.4 Å². The SMILES string of the molecule is CO.C[C@H](NC(=O)[C@@H]1CCCN1C(=O)[C@H](CC(=O)O)NC(=O)[C@@H](N)Cc1ccc(O)cc1)C(=O)N1CCC[C@H]1C(=O)N1CCC[C@H]1C(=O)N1CCC[C@H]1C(=O)N1CCC[C@H]1C(=O)N1CCC[C@H]1C(=O)N1CCC[C@H]1C(=O)O. The van der Waals surface area contributed by atoms with Crippen molar-refractivity contribution in [1.29, 1.82) is 0 Å². The van der Waals surface area contributed by atoms with Crippen LogP contribution in [0.4, 0.5) is 0 Å². The summed E-state index contributed by atoms with van der Waals surface area (Å²) in [5.41, 5.74) is 6.72. The molecule has 7 heterocycles. The van der Waals surface area contributed by atoms with Crippen molar-refractivity contribution in [2.75, 3.05) is 52.9 Å². The molecule has 8 rings (SSSR count). The van der Waals surface area contributed by atoms with Crippen molar-refractivity contribution in [3.05, 3.63) is 29.8 Å². The van der Waals surface area contributed by atoms with Crippen LogP contribution in [0.5, 0.6) is 5.75 Å². The highest BCUT2D eigenvalue weighted by Gasteiger charge is 2.50. The predicted octanol–water partition coefficient (Wildman–Crippen LogP) is -1.64. The number of carboxylic acids is 2. The zero-order chi connectivity index (χ0) is 55.8. The number of amides is 9. The first-order chi connectivity index (χ1) is 36.9. The lowest BCUT2D eigenvalue weighted by Crippen LogP contribution is -2.59. The number of nitrogens with zero attached hydrogens (tertiary/aromatic N) is 7. The average molecular weight is 1080 g/mol. The molecule has 0 unspecified atom stereocenters. The fourth-order valence-electron chi connectivity index (χ4n) is 12.4. The van der Waals surface area contributed by atoms with Crippen LogP contribution >= 0.6 is 0 Å². The number of aromatic hydroxyl groups is 1. The van der Waals surface area contributed by atoms with E-state index in [-0.39, 0.29) is 69.0 Å². The van der Waals surface area contributed by atoms with Crippen LogP contribution in [-0.4, -0.2) is 233 Å². The van der Waals surface area contributed by atoms with Crippen LogP contribution in [0.1, 0.15) is 109 Å². The molecule has 25 heteroatoms. The van der Waals surface area contributed by atoms with Gasteiger partial charge in [0.05, 0.1) is 12.5 Å². The fourth-order valence-corrected chi connectivity index (χ4v) is 12.4. The summed E-state index contributed by atoms with van der Waals surface area (Å²) in [6, 6.07) is -4.30. The number of nitrogens with two attached hydrogens (primary N) is 1. The number of aliphatic hydroxyl groups is 1. The van der Waals surface area contributed by atoms with Gasteiger partial charge in [0.25, 0.3) is 0 Å². The summed E-state index contributed by atoms with van der Waals surface area (Å²) < 4.78 is 0. The summed E-state index contributed by atoms with van der Waals surface area (Å²) in [6.45, 7) is 3.15. The lowest BCUT2D eigenvalue weighted by atomic mass is 10.0. The number of hydrogen-bond acceptors (Lipinski definition) is 14. The molecule has 7 saturated heterocycles. The summed E-state index contributed by atoms with van der Waals surface area (Å²) in [5, 5.41) is 41.1. The molecule has 0 radical (unpaired) electrons. The Morgan fingerprint density at radius 3 is 1.23 bits per heavy atom. The van der Waals surface area contributed by atoms with Crippen molar-refractivity contribution in [3.8, 4) is 5.75 Å². The third kappa shape index (κ3) is 12.6. The van der Waals surface area contributed by atoms with Crippen LogP contribution in [0.2, 0.25) is 0 Å². The van der Waals surface area contributed by atoms with E-state index in [1.807, 2.05) is 0 Å². The number of hydrogen-bond donors (Lipinski definition) is 7. The number of benzene rings is 1. The second-order valence-corrected chi connectivity index (χ2v) is 21.0. The van der Waals surface area contributed by atoms with Crippen LogP contribution in [0, 0.1) is 0 Å². The first-order valence-electron chi connectivity index (χ1n) is 27.0. The lowest BCUT2D eigenvalue weighted by molar-refractivity contribution is -0.155. The molecule has 9 amide bonds. The zero-order valence-electron chi connectivity index (χ0n) is 43.8. The van der Waals surface area contributed by atoms with Gasteiger partial charge in [0.1, 0.15) is 60.1 Å². The molecule has 10 atom stereocenters. The van der Waals surface area contributed by atoms with Crippen LogP contribution in [0.25, 0.3) is 0 Å². The molecular formula is C52H74N10O15. The fraction of sp³-hybridized carbons (Fsp3) is 0.673. The van der Waals surface area contributed by atoms with Gasteiger partial charge in [0.2, 0.25) is 53.2 Å². The van der Waals surface area contributed by atoms with Gasteiger partial charge < -0.3 is 71.1 Å². The largest absolute Gasteiger partial charge is 0.508 e. The predicted molar refractivity (Wildman–Crippen MR) is 270 cm³/mol. The smallest absolute Gasteiger partial charge is 0.326 e. The molecular weight excluding hydrogens is 1000 g/mol. The van der Waals surface area contributed by atoms with E-state index in [9.17, 15) is 68.1 Å². The van der Waals surface area contributed by atoms with Gasteiger partial charge in [-0.25, -0.2) is 4.79 Å². The first kappa shape index (κ1) is 57.8.